The van der Waals surface area contributed by atoms with Gasteiger partial charge >= 0.3 is 0 Å². The Hall–Kier alpha value is -1.56. The van der Waals surface area contributed by atoms with Crippen molar-refractivity contribution in [3.63, 3.8) is 0 Å². The third-order valence-corrected chi connectivity index (χ3v) is 4.15. The molecule has 0 aliphatic heterocycles. The highest BCUT2D eigenvalue weighted by atomic mass is 14.2. The van der Waals surface area contributed by atoms with Crippen LogP contribution < -0.4 is 0 Å². The molecule has 0 aromatic heterocycles. The summed E-state index contributed by atoms with van der Waals surface area (Å²) in [7, 11) is 0. The first kappa shape index (κ1) is 13.9. The molecule has 0 radical (unpaired) electrons. The highest BCUT2D eigenvalue weighted by Crippen LogP contribution is 2.35. The van der Waals surface area contributed by atoms with E-state index < -0.39 is 0 Å². The number of hydrogen-bond acceptors (Lipinski definition) is 0. The second-order valence-corrected chi connectivity index (χ2v) is 5.62. The van der Waals surface area contributed by atoms with Gasteiger partial charge in [0, 0.05) is 0 Å². The summed E-state index contributed by atoms with van der Waals surface area (Å²) >= 11 is 0. The van der Waals surface area contributed by atoms with Gasteiger partial charge in [0.15, 0.2) is 0 Å². The third kappa shape index (κ3) is 3.26. The maximum absolute atomic E-state index is 2.35. The Bertz CT molecular complexity index is 505. The number of aryl methyl sites for hydroxylation is 2. The van der Waals surface area contributed by atoms with Crippen LogP contribution in [0.25, 0.3) is 0 Å². The maximum atomic E-state index is 2.35. The van der Waals surface area contributed by atoms with Crippen LogP contribution in [0.3, 0.4) is 0 Å². The minimum absolute atomic E-state index is 0.563. The fourth-order valence-electron chi connectivity index (χ4n) is 2.79. The Labute approximate surface area is 117 Å². The fraction of sp³-hybridized carbons (Fsp3) is 0.368. The van der Waals surface area contributed by atoms with Crippen molar-refractivity contribution < 1.29 is 0 Å². The molecule has 0 saturated heterocycles. The van der Waals surface area contributed by atoms with Crippen molar-refractivity contribution in [1.82, 2.24) is 0 Å². The summed E-state index contributed by atoms with van der Waals surface area (Å²) in [6, 6.07) is 18.0. The van der Waals surface area contributed by atoms with Gasteiger partial charge in [0.2, 0.25) is 0 Å². The van der Waals surface area contributed by atoms with Gasteiger partial charge in [0.25, 0.3) is 0 Å². The lowest BCUT2D eigenvalue weighted by Crippen LogP contribution is -2.07. The maximum Gasteiger partial charge on any atom is -0.00984 e. The Morgan fingerprint density at radius 2 is 1.16 bits per heavy atom. The van der Waals surface area contributed by atoms with Crippen molar-refractivity contribution in [2.45, 2.75) is 46.0 Å². The molecule has 0 N–H and O–H groups in total. The zero-order chi connectivity index (χ0) is 13.8. The monoisotopic (exact) mass is 252 g/mol. The number of benzene rings is 2. The summed E-state index contributed by atoms with van der Waals surface area (Å²) in [6.45, 7) is 8.92. The molecule has 0 amide bonds. The van der Waals surface area contributed by atoms with Crippen LogP contribution >= 0.6 is 0 Å². The Morgan fingerprint density at radius 3 is 1.58 bits per heavy atom. The Balaban J connectivity index is 2.26. The predicted octanol–water partition coefficient (Wildman–Crippen LogP) is 5.60. The van der Waals surface area contributed by atoms with Gasteiger partial charge in [-0.2, -0.15) is 0 Å². The van der Waals surface area contributed by atoms with Crippen molar-refractivity contribution in [3.8, 4) is 0 Å². The summed E-state index contributed by atoms with van der Waals surface area (Å²) < 4.78 is 0. The molecule has 0 aliphatic rings. The molecule has 2 aromatic rings. The molecule has 2 unspecified atom stereocenters. The second-order valence-electron chi connectivity index (χ2n) is 5.62. The van der Waals surface area contributed by atoms with Crippen molar-refractivity contribution >= 4 is 0 Å². The quantitative estimate of drug-likeness (QED) is 0.664. The van der Waals surface area contributed by atoms with E-state index in [1.807, 2.05) is 0 Å². The van der Waals surface area contributed by atoms with E-state index in [1.54, 1.807) is 0 Å². The number of rotatable bonds is 4. The van der Waals surface area contributed by atoms with E-state index in [2.05, 4.69) is 76.2 Å². The van der Waals surface area contributed by atoms with E-state index in [-0.39, 0.29) is 0 Å². The lowest BCUT2D eigenvalue weighted by atomic mass is 9.81. The highest BCUT2D eigenvalue weighted by molar-refractivity contribution is 5.31. The fourth-order valence-corrected chi connectivity index (χ4v) is 2.79. The first-order chi connectivity index (χ1) is 9.11. The Morgan fingerprint density at radius 1 is 0.737 bits per heavy atom. The molecule has 0 heteroatoms. The normalized spacial score (nSPS) is 14.1. The number of hydrogen-bond donors (Lipinski definition) is 0. The Kier molecular flexibility index (Phi) is 4.42. The molecule has 0 aliphatic carbocycles. The minimum atomic E-state index is 0.563. The van der Waals surface area contributed by atoms with E-state index in [0.717, 1.165) is 0 Å². The van der Waals surface area contributed by atoms with E-state index >= 15 is 0 Å². The molecule has 0 spiro atoms. The first-order valence-electron chi connectivity index (χ1n) is 7.25. The molecule has 2 rings (SSSR count). The van der Waals surface area contributed by atoms with Gasteiger partial charge in [-0.15, -0.1) is 0 Å². The van der Waals surface area contributed by atoms with Gasteiger partial charge in [-0.1, -0.05) is 73.5 Å². The van der Waals surface area contributed by atoms with Crippen LogP contribution in [-0.4, -0.2) is 0 Å². The molecule has 0 bridgehead atoms. The standard InChI is InChI=1S/C19H24/c1-5-19(18-12-8-15(3)9-13-18)16(4)17-10-6-14(2)7-11-17/h6-13,16,19H,5H2,1-4H3. The molecule has 2 aromatic carbocycles. The van der Waals surface area contributed by atoms with E-state index in [9.17, 15) is 0 Å². The molecule has 19 heavy (non-hydrogen) atoms. The van der Waals surface area contributed by atoms with Crippen LogP contribution in [0.15, 0.2) is 48.5 Å². The molecule has 0 saturated carbocycles. The van der Waals surface area contributed by atoms with Gasteiger partial charge in [0.1, 0.15) is 0 Å². The molecular formula is C19H24. The molecule has 100 valence electrons. The summed E-state index contributed by atoms with van der Waals surface area (Å²) in [5, 5.41) is 0. The van der Waals surface area contributed by atoms with Crippen LogP contribution in [0, 0.1) is 13.8 Å². The van der Waals surface area contributed by atoms with E-state index in [0.29, 0.717) is 11.8 Å². The summed E-state index contributed by atoms with van der Waals surface area (Å²) in [5.41, 5.74) is 5.57. The minimum Gasteiger partial charge on any atom is -0.0648 e. The van der Waals surface area contributed by atoms with Crippen LogP contribution in [0.1, 0.15) is 54.4 Å². The van der Waals surface area contributed by atoms with Crippen LogP contribution in [0.2, 0.25) is 0 Å². The second kappa shape index (κ2) is 6.06. The lowest BCUT2D eigenvalue weighted by Gasteiger charge is -2.24. The topological polar surface area (TPSA) is 0 Å². The molecule has 0 fully saturated rings. The predicted molar refractivity (Wildman–Crippen MR) is 83.8 cm³/mol. The largest absolute Gasteiger partial charge is 0.0648 e. The van der Waals surface area contributed by atoms with Crippen molar-refractivity contribution in [2.24, 2.45) is 0 Å². The van der Waals surface area contributed by atoms with Gasteiger partial charge in [-0.25, -0.2) is 0 Å². The average Bonchev–Trinajstić information content (AvgIpc) is 2.42. The van der Waals surface area contributed by atoms with Crippen LogP contribution in [0.5, 0.6) is 0 Å². The summed E-state index contributed by atoms with van der Waals surface area (Å²) in [5.74, 6) is 1.16. The summed E-state index contributed by atoms with van der Waals surface area (Å²) in [6.07, 6.45) is 1.18. The van der Waals surface area contributed by atoms with Crippen molar-refractivity contribution in [2.75, 3.05) is 0 Å². The van der Waals surface area contributed by atoms with Crippen LogP contribution in [-0.2, 0) is 0 Å². The first-order valence-corrected chi connectivity index (χ1v) is 7.25. The molecule has 2 atom stereocenters. The van der Waals surface area contributed by atoms with Gasteiger partial charge in [-0.05, 0) is 43.2 Å². The average molecular weight is 252 g/mol. The van der Waals surface area contributed by atoms with Gasteiger partial charge in [-0.3, -0.25) is 0 Å². The van der Waals surface area contributed by atoms with Crippen LogP contribution in [0.4, 0.5) is 0 Å². The van der Waals surface area contributed by atoms with Gasteiger partial charge in [0.05, 0.1) is 0 Å². The zero-order valence-electron chi connectivity index (χ0n) is 12.5. The van der Waals surface area contributed by atoms with Gasteiger partial charge < -0.3 is 0 Å². The SMILES string of the molecule is CCC(c1ccc(C)cc1)C(C)c1ccc(C)cc1. The molecule has 0 nitrogen and oxygen atoms in total. The lowest BCUT2D eigenvalue weighted by molar-refractivity contribution is 0.559. The smallest absolute Gasteiger partial charge is 0.00984 e. The van der Waals surface area contributed by atoms with E-state index in [1.165, 1.54) is 28.7 Å². The summed E-state index contributed by atoms with van der Waals surface area (Å²) in [4.78, 5) is 0. The molecular weight excluding hydrogens is 228 g/mol. The molecule has 0 heterocycles. The highest BCUT2D eigenvalue weighted by Gasteiger charge is 2.18. The third-order valence-electron chi connectivity index (χ3n) is 4.15. The van der Waals surface area contributed by atoms with Crippen molar-refractivity contribution in [3.05, 3.63) is 70.8 Å². The van der Waals surface area contributed by atoms with Crippen molar-refractivity contribution in [1.29, 1.82) is 0 Å². The van der Waals surface area contributed by atoms with E-state index in [4.69, 9.17) is 0 Å². The zero-order valence-corrected chi connectivity index (χ0v) is 12.5.